The van der Waals surface area contributed by atoms with Crippen LogP contribution >= 0.6 is 11.6 Å². The molecule has 1 saturated heterocycles. The molecular formula is C14H19ClN4. The van der Waals surface area contributed by atoms with E-state index in [1.807, 2.05) is 43.3 Å². The average Bonchev–Trinajstić information content (AvgIpc) is 2.81. The summed E-state index contributed by atoms with van der Waals surface area (Å²) in [5, 5.41) is 11.4. The van der Waals surface area contributed by atoms with Gasteiger partial charge in [-0.2, -0.15) is 5.10 Å². The van der Waals surface area contributed by atoms with Gasteiger partial charge < -0.3 is 10.6 Å². The molecule has 4 nitrogen and oxygen atoms in total. The number of nitrogens with zero attached hydrogens (tertiary/aromatic N) is 2. The van der Waals surface area contributed by atoms with Crippen LogP contribution < -0.4 is 10.6 Å². The average molecular weight is 279 g/mol. The summed E-state index contributed by atoms with van der Waals surface area (Å²) in [5.74, 6) is 0. The standard InChI is InChI=1S/C10H9ClN2.C4H10N2/c1-8-7-10(11)13(12-8)9-5-3-2-4-6-9;1-2-6-4-3-5-1/h2-7H,1H3;5-6H,1-4H2. The van der Waals surface area contributed by atoms with Crippen molar-refractivity contribution in [3.63, 3.8) is 0 Å². The third-order valence-corrected chi connectivity index (χ3v) is 3.02. The lowest BCUT2D eigenvalue weighted by atomic mass is 10.3. The number of para-hydroxylation sites is 1. The predicted octanol–water partition coefficient (Wildman–Crippen LogP) is 2.01. The van der Waals surface area contributed by atoms with E-state index in [1.54, 1.807) is 4.68 Å². The van der Waals surface area contributed by atoms with Crippen molar-refractivity contribution in [2.24, 2.45) is 0 Å². The highest BCUT2D eigenvalue weighted by Crippen LogP contribution is 2.16. The number of aromatic nitrogens is 2. The molecule has 1 aromatic heterocycles. The zero-order valence-electron chi connectivity index (χ0n) is 11.1. The first-order valence-electron chi connectivity index (χ1n) is 6.46. The molecule has 0 saturated carbocycles. The van der Waals surface area contributed by atoms with Crippen molar-refractivity contribution in [1.82, 2.24) is 20.4 Å². The van der Waals surface area contributed by atoms with Crippen LogP contribution in [0, 0.1) is 6.92 Å². The molecule has 1 aliphatic heterocycles. The van der Waals surface area contributed by atoms with Gasteiger partial charge in [-0.25, -0.2) is 4.68 Å². The van der Waals surface area contributed by atoms with Crippen molar-refractivity contribution in [2.75, 3.05) is 26.2 Å². The third-order valence-electron chi connectivity index (χ3n) is 2.75. The second kappa shape index (κ2) is 7.28. The Morgan fingerprint density at radius 1 is 1.05 bits per heavy atom. The van der Waals surface area contributed by atoms with Crippen molar-refractivity contribution in [3.8, 4) is 5.69 Å². The molecule has 0 aliphatic carbocycles. The van der Waals surface area contributed by atoms with Crippen LogP contribution in [0.5, 0.6) is 0 Å². The highest BCUT2D eigenvalue weighted by Gasteiger charge is 2.03. The summed E-state index contributed by atoms with van der Waals surface area (Å²) in [7, 11) is 0. The summed E-state index contributed by atoms with van der Waals surface area (Å²) in [6, 6.07) is 11.7. The Kier molecular flexibility index (Phi) is 5.39. The number of halogens is 1. The number of piperazine rings is 1. The van der Waals surface area contributed by atoms with Gasteiger partial charge >= 0.3 is 0 Å². The van der Waals surface area contributed by atoms with Crippen molar-refractivity contribution in [3.05, 3.63) is 47.2 Å². The predicted molar refractivity (Wildman–Crippen MR) is 79.1 cm³/mol. The topological polar surface area (TPSA) is 41.9 Å². The van der Waals surface area contributed by atoms with Crippen LogP contribution in [0.3, 0.4) is 0 Å². The van der Waals surface area contributed by atoms with Crippen molar-refractivity contribution < 1.29 is 0 Å². The fourth-order valence-corrected chi connectivity index (χ4v) is 2.11. The lowest BCUT2D eigenvalue weighted by molar-refractivity contribution is 0.534. The summed E-state index contributed by atoms with van der Waals surface area (Å²) in [4.78, 5) is 0. The number of hydrogen-bond donors (Lipinski definition) is 2. The Hall–Kier alpha value is -1.36. The van der Waals surface area contributed by atoms with E-state index in [-0.39, 0.29) is 0 Å². The lowest BCUT2D eigenvalue weighted by Gasteiger charge is -2.11. The summed E-state index contributed by atoms with van der Waals surface area (Å²) in [6.45, 7) is 6.48. The second-order valence-corrected chi connectivity index (χ2v) is 4.74. The maximum Gasteiger partial charge on any atom is 0.133 e. The van der Waals surface area contributed by atoms with E-state index in [9.17, 15) is 0 Å². The Labute approximate surface area is 118 Å². The number of benzene rings is 1. The maximum atomic E-state index is 5.98. The van der Waals surface area contributed by atoms with Crippen molar-refractivity contribution in [1.29, 1.82) is 0 Å². The minimum atomic E-state index is 0.642. The maximum absolute atomic E-state index is 5.98. The summed E-state index contributed by atoms with van der Waals surface area (Å²) >= 11 is 5.98. The number of hydrogen-bond acceptors (Lipinski definition) is 3. The van der Waals surface area contributed by atoms with Gasteiger partial charge in [0.2, 0.25) is 0 Å². The number of aryl methyl sites for hydroxylation is 1. The molecule has 102 valence electrons. The zero-order valence-corrected chi connectivity index (χ0v) is 11.8. The molecule has 0 bridgehead atoms. The minimum absolute atomic E-state index is 0.642. The quantitative estimate of drug-likeness (QED) is 0.839. The van der Waals surface area contributed by atoms with Gasteiger partial charge in [-0.1, -0.05) is 29.8 Å². The SMILES string of the molecule is C1CNCCN1.Cc1cc(Cl)n(-c2ccccc2)n1. The smallest absolute Gasteiger partial charge is 0.133 e. The Bertz CT molecular complexity index is 480. The van der Waals surface area contributed by atoms with Gasteiger partial charge in [0.25, 0.3) is 0 Å². The van der Waals surface area contributed by atoms with Gasteiger partial charge in [0, 0.05) is 26.2 Å². The molecule has 1 aliphatic rings. The van der Waals surface area contributed by atoms with E-state index in [2.05, 4.69) is 15.7 Å². The second-order valence-electron chi connectivity index (χ2n) is 4.36. The first-order valence-corrected chi connectivity index (χ1v) is 6.84. The van der Waals surface area contributed by atoms with Crippen LogP contribution in [-0.2, 0) is 0 Å². The molecule has 0 radical (unpaired) electrons. The Morgan fingerprint density at radius 2 is 1.63 bits per heavy atom. The highest BCUT2D eigenvalue weighted by molar-refractivity contribution is 6.29. The van der Waals surface area contributed by atoms with E-state index in [1.165, 1.54) is 0 Å². The normalized spacial score (nSPS) is 14.6. The first kappa shape index (κ1) is 14.1. The molecule has 3 rings (SSSR count). The van der Waals surface area contributed by atoms with E-state index in [0.29, 0.717) is 5.15 Å². The van der Waals surface area contributed by atoms with Crippen LogP contribution in [0.2, 0.25) is 5.15 Å². The van der Waals surface area contributed by atoms with Crippen molar-refractivity contribution >= 4 is 11.6 Å². The monoisotopic (exact) mass is 278 g/mol. The number of nitrogens with one attached hydrogen (secondary N) is 2. The summed E-state index contributed by atoms with van der Waals surface area (Å²) in [5.41, 5.74) is 1.91. The van der Waals surface area contributed by atoms with E-state index >= 15 is 0 Å². The van der Waals surface area contributed by atoms with Crippen LogP contribution in [0.25, 0.3) is 5.69 Å². The highest BCUT2D eigenvalue weighted by atomic mass is 35.5. The van der Waals surface area contributed by atoms with Gasteiger partial charge in [0.05, 0.1) is 11.4 Å². The lowest BCUT2D eigenvalue weighted by Crippen LogP contribution is -2.39. The molecule has 2 aromatic rings. The molecule has 0 unspecified atom stereocenters. The van der Waals surface area contributed by atoms with Crippen LogP contribution in [0.1, 0.15) is 5.69 Å². The fourth-order valence-electron chi connectivity index (χ4n) is 1.82. The molecule has 0 spiro atoms. The molecule has 0 amide bonds. The largest absolute Gasteiger partial charge is 0.314 e. The molecular weight excluding hydrogens is 260 g/mol. The molecule has 1 fully saturated rings. The molecule has 1 aromatic carbocycles. The Morgan fingerprint density at radius 3 is 2.05 bits per heavy atom. The van der Waals surface area contributed by atoms with E-state index in [4.69, 9.17) is 11.6 Å². The molecule has 0 atom stereocenters. The number of rotatable bonds is 1. The van der Waals surface area contributed by atoms with Gasteiger partial charge in [0.1, 0.15) is 5.15 Å². The fraction of sp³-hybridized carbons (Fsp3) is 0.357. The third kappa shape index (κ3) is 4.35. The van der Waals surface area contributed by atoms with Gasteiger partial charge in [-0.3, -0.25) is 0 Å². The van der Waals surface area contributed by atoms with Gasteiger partial charge in [0.15, 0.2) is 0 Å². The van der Waals surface area contributed by atoms with Gasteiger partial charge in [-0.05, 0) is 25.1 Å². The molecule has 2 N–H and O–H groups in total. The zero-order chi connectivity index (χ0) is 13.5. The van der Waals surface area contributed by atoms with E-state index < -0.39 is 0 Å². The summed E-state index contributed by atoms with van der Waals surface area (Å²) < 4.78 is 1.72. The molecule has 19 heavy (non-hydrogen) atoms. The van der Waals surface area contributed by atoms with E-state index in [0.717, 1.165) is 37.6 Å². The van der Waals surface area contributed by atoms with Crippen LogP contribution in [0.15, 0.2) is 36.4 Å². The first-order chi connectivity index (χ1) is 9.27. The Balaban J connectivity index is 0.000000186. The van der Waals surface area contributed by atoms with Crippen molar-refractivity contribution in [2.45, 2.75) is 6.92 Å². The minimum Gasteiger partial charge on any atom is -0.314 e. The molecule has 2 heterocycles. The van der Waals surface area contributed by atoms with Gasteiger partial charge in [-0.15, -0.1) is 0 Å². The molecule has 5 heteroatoms. The summed E-state index contributed by atoms with van der Waals surface area (Å²) in [6.07, 6.45) is 0. The van der Waals surface area contributed by atoms with Crippen LogP contribution in [0.4, 0.5) is 0 Å². The van der Waals surface area contributed by atoms with Crippen LogP contribution in [-0.4, -0.2) is 36.0 Å².